The van der Waals surface area contributed by atoms with Crippen LogP contribution in [0, 0.1) is 0 Å². The van der Waals surface area contributed by atoms with E-state index in [1.54, 1.807) is 7.11 Å². The van der Waals surface area contributed by atoms with E-state index in [9.17, 15) is 0 Å². The van der Waals surface area contributed by atoms with E-state index < -0.39 is 0 Å². The van der Waals surface area contributed by atoms with Crippen molar-refractivity contribution in [3.05, 3.63) is 58.6 Å². The number of hydrogen-bond donors (Lipinski definition) is 1. The quantitative estimate of drug-likeness (QED) is 0.941. The molecule has 1 aliphatic rings. The first kappa shape index (κ1) is 14.2. The number of methoxy groups -OCH3 is 1. The number of hydrogen-bond acceptors (Lipinski definition) is 3. The van der Waals surface area contributed by atoms with Gasteiger partial charge in [-0.3, -0.25) is 0 Å². The van der Waals surface area contributed by atoms with Crippen LogP contribution in [0.2, 0.25) is 5.02 Å². The second-order valence-corrected chi connectivity index (χ2v) is 5.72. The number of benzene rings is 2. The first-order valence-corrected chi connectivity index (χ1v) is 7.36. The molecule has 0 radical (unpaired) electrons. The van der Waals surface area contributed by atoms with Gasteiger partial charge in [0, 0.05) is 22.5 Å². The molecule has 2 unspecified atom stereocenters. The van der Waals surface area contributed by atoms with Crippen LogP contribution >= 0.6 is 11.6 Å². The zero-order valence-electron chi connectivity index (χ0n) is 11.9. The summed E-state index contributed by atoms with van der Waals surface area (Å²) in [5.74, 6) is 1.96. The number of halogens is 1. The number of para-hydroxylation sites is 1. The molecule has 0 aromatic heterocycles. The highest BCUT2D eigenvalue weighted by atomic mass is 35.5. The Bertz CT molecular complexity index is 644. The van der Waals surface area contributed by atoms with Crippen molar-refractivity contribution < 1.29 is 9.47 Å². The molecule has 0 saturated carbocycles. The molecule has 3 nitrogen and oxygen atoms in total. The van der Waals surface area contributed by atoms with E-state index in [0.717, 1.165) is 17.1 Å². The minimum Gasteiger partial charge on any atom is -0.496 e. The second kappa shape index (κ2) is 5.96. The van der Waals surface area contributed by atoms with Gasteiger partial charge in [0.15, 0.2) is 0 Å². The number of fused-ring (bicyclic) bond motifs is 1. The fourth-order valence-corrected chi connectivity index (χ4v) is 3.04. The molecule has 0 aliphatic carbocycles. The Hall–Kier alpha value is -1.71. The molecule has 2 aromatic rings. The molecule has 0 amide bonds. The lowest BCUT2D eigenvalue weighted by atomic mass is 9.89. The van der Waals surface area contributed by atoms with E-state index in [1.165, 1.54) is 5.56 Å². The van der Waals surface area contributed by atoms with Gasteiger partial charge in [-0.05, 0) is 36.2 Å². The van der Waals surface area contributed by atoms with Crippen LogP contribution in [-0.2, 0) is 6.42 Å². The summed E-state index contributed by atoms with van der Waals surface area (Å²) in [6.45, 7) is 0.628. The summed E-state index contributed by atoms with van der Waals surface area (Å²) in [5, 5.41) is 0.695. The summed E-state index contributed by atoms with van der Waals surface area (Å²) >= 11 is 6.08. The van der Waals surface area contributed by atoms with Crippen molar-refractivity contribution in [2.75, 3.05) is 13.7 Å². The van der Waals surface area contributed by atoms with Crippen LogP contribution in [0.3, 0.4) is 0 Å². The molecule has 2 aromatic carbocycles. The van der Waals surface area contributed by atoms with Crippen molar-refractivity contribution in [3.8, 4) is 11.5 Å². The average Bonchev–Trinajstić information content (AvgIpc) is 2.91. The van der Waals surface area contributed by atoms with Crippen LogP contribution in [0.5, 0.6) is 11.5 Å². The van der Waals surface area contributed by atoms with Gasteiger partial charge in [-0.15, -0.1) is 0 Å². The standard InChI is InChI=1S/C17H18ClNO2/c1-20-16-7-6-12(18)8-11(16)9-15(19)14-10-21-17-5-3-2-4-13(14)17/h2-8,14-15H,9-10,19H2,1H3. The summed E-state index contributed by atoms with van der Waals surface area (Å²) in [7, 11) is 1.66. The van der Waals surface area contributed by atoms with Crippen LogP contribution in [0.4, 0.5) is 0 Å². The molecule has 3 rings (SSSR count). The van der Waals surface area contributed by atoms with Crippen LogP contribution in [0.1, 0.15) is 17.0 Å². The van der Waals surface area contributed by atoms with Crippen molar-refractivity contribution >= 4 is 11.6 Å². The smallest absolute Gasteiger partial charge is 0.122 e. The van der Waals surface area contributed by atoms with E-state index >= 15 is 0 Å². The van der Waals surface area contributed by atoms with Gasteiger partial charge in [-0.1, -0.05) is 29.8 Å². The monoisotopic (exact) mass is 303 g/mol. The Kier molecular flexibility index (Phi) is 4.04. The molecule has 0 fully saturated rings. The second-order valence-electron chi connectivity index (χ2n) is 5.28. The largest absolute Gasteiger partial charge is 0.496 e. The molecule has 4 heteroatoms. The van der Waals surface area contributed by atoms with Gasteiger partial charge in [-0.2, -0.15) is 0 Å². The Morgan fingerprint density at radius 3 is 2.95 bits per heavy atom. The number of nitrogens with two attached hydrogens (primary N) is 1. The highest BCUT2D eigenvalue weighted by molar-refractivity contribution is 6.30. The van der Waals surface area contributed by atoms with Gasteiger partial charge >= 0.3 is 0 Å². The SMILES string of the molecule is COc1ccc(Cl)cc1CC(N)C1COc2ccccc21. The third kappa shape index (κ3) is 2.85. The lowest BCUT2D eigenvalue weighted by Crippen LogP contribution is -2.31. The minimum atomic E-state index is -0.0407. The molecule has 2 atom stereocenters. The summed E-state index contributed by atoms with van der Waals surface area (Å²) in [5.41, 5.74) is 8.64. The maximum atomic E-state index is 6.42. The van der Waals surface area contributed by atoms with Crippen LogP contribution in [0.15, 0.2) is 42.5 Å². The average molecular weight is 304 g/mol. The summed E-state index contributed by atoms with van der Waals surface area (Å²) in [4.78, 5) is 0. The molecule has 21 heavy (non-hydrogen) atoms. The molecule has 2 N–H and O–H groups in total. The van der Waals surface area contributed by atoms with E-state index in [1.807, 2.05) is 36.4 Å². The maximum Gasteiger partial charge on any atom is 0.122 e. The third-order valence-electron chi connectivity index (χ3n) is 3.95. The highest BCUT2D eigenvalue weighted by Crippen LogP contribution is 2.36. The van der Waals surface area contributed by atoms with E-state index in [-0.39, 0.29) is 12.0 Å². The maximum absolute atomic E-state index is 6.42. The van der Waals surface area contributed by atoms with Gasteiger partial charge in [-0.25, -0.2) is 0 Å². The summed E-state index contributed by atoms with van der Waals surface area (Å²) in [6.07, 6.45) is 0.700. The lowest BCUT2D eigenvalue weighted by molar-refractivity contribution is 0.312. The third-order valence-corrected chi connectivity index (χ3v) is 4.19. The number of ether oxygens (including phenoxy) is 2. The predicted molar refractivity (Wildman–Crippen MR) is 84.4 cm³/mol. The normalized spacial score (nSPS) is 18.0. The van der Waals surface area contributed by atoms with E-state index in [4.69, 9.17) is 26.8 Å². The van der Waals surface area contributed by atoms with Gasteiger partial charge < -0.3 is 15.2 Å². The molecular formula is C17H18ClNO2. The van der Waals surface area contributed by atoms with E-state index in [0.29, 0.717) is 18.1 Å². The van der Waals surface area contributed by atoms with Gasteiger partial charge in [0.05, 0.1) is 13.7 Å². The van der Waals surface area contributed by atoms with Gasteiger partial charge in [0.1, 0.15) is 11.5 Å². The Balaban J connectivity index is 1.82. The summed E-state index contributed by atoms with van der Waals surface area (Å²) < 4.78 is 11.1. The van der Waals surface area contributed by atoms with Crippen molar-refractivity contribution in [1.29, 1.82) is 0 Å². The fourth-order valence-electron chi connectivity index (χ4n) is 2.84. The van der Waals surface area contributed by atoms with Gasteiger partial charge in [0.2, 0.25) is 0 Å². The molecule has 1 aliphatic heterocycles. The van der Waals surface area contributed by atoms with Crippen molar-refractivity contribution in [1.82, 2.24) is 0 Å². The Morgan fingerprint density at radius 2 is 2.14 bits per heavy atom. The van der Waals surface area contributed by atoms with Crippen LogP contribution in [0.25, 0.3) is 0 Å². The molecule has 0 spiro atoms. The number of rotatable bonds is 4. The minimum absolute atomic E-state index is 0.0407. The zero-order valence-corrected chi connectivity index (χ0v) is 12.6. The Morgan fingerprint density at radius 1 is 1.33 bits per heavy atom. The fraction of sp³-hybridized carbons (Fsp3) is 0.294. The molecule has 110 valence electrons. The van der Waals surface area contributed by atoms with Crippen LogP contribution in [-0.4, -0.2) is 19.8 Å². The summed E-state index contributed by atoms with van der Waals surface area (Å²) in [6, 6.07) is 13.7. The Labute approximate surface area is 129 Å². The van der Waals surface area contributed by atoms with Crippen molar-refractivity contribution in [2.45, 2.75) is 18.4 Å². The molecular weight excluding hydrogens is 286 g/mol. The van der Waals surface area contributed by atoms with Crippen LogP contribution < -0.4 is 15.2 Å². The zero-order chi connectivity index (χ0) is 14.8. The topological polar surface area (TPSA) is 44.5 Å². The van der Waals surface area contributed by atoms with Gasteiger partial charge in [0.25, 0.3) is 0 Å². The van der Waals surface area contributed by atoms with Crippen molar-refractivity contribution in [3.63, 3.8) is 0 Å². The van der Waals surface area contributed by atoms with E-state index in [2.05, 4.69) is 6.07 Å². The first-order chi connectivity index (χ1) is 10.2. The molecule has 0 bridgehead atoms. The molecule has 1 heterocycles. The first-order valence-electron chi connectivity index (χ1n) is 6.98. The molecule has 0 saturated heterocycles. The highest BCUT2D eigenvalue weighted by Gasteiger charge is 2.29. The lowest BCUT2D eigenvalue weighted by Gasteiger charge is -2.19. The predicted octanol–water partition coefficient (Wildman–Crippen LogP) is 3.39. The van der Waals surface area contributed by atoms with Crippen molar-refractivity contribution in [2.24, 2.45) is 5.73 Å².